The second-order valence-electron chi connectivity index (χ2n) is 6.99. The highest BCUT2D eigenvalue weighted by Gasteiger charge is 2.48. The topological polar surface area (TPSA) is 76.5 Å². The highest BCUT2D eigenvalue weighted by molar-refractivity contribution is 6.05. The normalized spacial score (nSPS) is 20.8. The van der Waals surface area contributed by atoms with E-state index in [9.17, 15) is 14.4 Å². The monoisotopic (exact) mass is 391 g/mol. The van der Waals surface area contributed by atoms with Crippen molar-refractivity contribution in [2.75, 3.05) is 25.5 Å². The summed E-state index contributed by atoms with van der Waals surface area (Å²) < 4.78 is 0. The van der Waals surface area contributed by atoms with Crippen molar-refractivity contribution in [3.05, 3.63) is 60.7 Å². The van der Waals surface area contributed by atoms with Crippen molar-refractivity contribution in [3.8, 4) is 0 Å². The molecular formula is C21H21N5O3. The predicted molar refractivity (Wildman–Crippen MR) is 109 cm³/mol. The zero-order chi connectivity index (χ0) is 20.5. The third-order valence-electron chi connectivity index (χ3n) is 5.17. The van der Waals surface area contributed by atoms with Gasteiger partial charge in [-0.25, -0.2) is 9.79 Å². The number of anilines is 2. The Balaban J connectivity index is 1.61. The average molecular weight is 391 g/mol. The van der Waals surface area contributed by atoms with Crippen LogP contribution in [0.25, 0.3) is 0 Å². The lowest BCUT2D eigenvalue weighted by Crippen LogP contribution is -2.64. The highest BCUT2D eigenvalue weighted by Crippen LogP contribution is 2.28. The molecule has 8 nitrogen and oxygen atoms in total. The fourth-order valence-electron chi connectivity index (χ4n) is 3.66. The van der Waals surface area contributed by atoms with Crippen LogP contribution in [0, 0.1) is 0 Å². The van der Waals surface area contributed by atoms with Crippen LogP contribution in [0.1, 0.15) is 0 Å². The molecule has 0 spiro atoms. The summed E-state index contributed by atoms with van der Waals surface area (Å²) in [5.41, 5.74) is 1.46. The average Bonchev–Trinajstić information content (AvgIpc) is 3.16. The van der Waals surface area contributed by atoms with E-state index in [0.717, 1.165) is 16.3 Å². The van der Waals surface area contributed by atoms with Crippen LogP contribution in [0.2, 0.25) is 0 Å². The van der Waals surface area contributed by atoms with E-state index < -0.39 is 18.2 Å². The van der Waals surface area contributed by atoms with Crippen LogP contribution in [-0.2, 0) is 9.59 Å². The number of fused-ring (bicyclic) bond motifs is 1. The van der Waals surface area contributed by atoms with Gasteiger partial charge in [-0.3, -0.25) is 19.4 Å². The second-order valence-corrected chi connectivity index (χ2v) is 6.99. The zero-order valence-corrected chi connectivity index (χ0v) is 16.2. The van der Waals surface area contributed by atoms with Gasteiger partial charge in [0, 0.05) is 25.5 Å². The summed E-state index contributed by atoms with van der Waals surface area (Å²) in [6.07, 6.45) is 0.864. The van der Waals surface area contributed by atoms with Crippen LogP contribution in [0.4, 0.5) is 16.2 Å². The summed E-state index contributed by atoms with van der Waals surface area (Å²) in [6.45, 7) is -0.0456. The van der Waals surface area contributed by atoms with E-state index in [1.807, 2.05) is 60.7 Å². The molecule has 2 aliphatic heterocycles. The van der Waals surface area contributed by atoms with Crippen LogP contribution in [0.3, 0.4) is 0 Å². The molecule has 148 valence electrons. The predicted octanol–water partition coefficient (Wildman–Crippen LogP) is 1.91. The Kier molecular flexibility index (Phi) is 4.75. The maximum Gasteiger partial charge on any atom is 0.328 e. The highest BCUT2D eigenvalue weighted by atomic mass is 16.2. The lowest BCUT2D eigenvalue weighted by atomic mass is 10.1. The van der Waals surface area contributed by atoms with E-state index in [-0.39, 0.29) is 18.4 Å². The van der Waals surface area contributed by atoms with Crippen molar-refractivity contribution >= 4 is 35.6 Å². The number of hydrogen-bond donors (Lipinski definition) is 0. The minimum atomic E-state index is -0.708. The summed E-state index contributed by atoms with van der Waals surface area (Å²) >= 11 is 0. The number of amides is 4. The maximum atomic E-state index is 13.3. The molecule has 0 radical (unpaired) electrons. The van der Waals surface area contributed by atoms with Gasteiger partial charge in [-0.1, -0.05) is 36.4 Å². The largest absolute Gasteiger partial charge is 0.338 e. The molecule has 0 aliphatic carbocycles. The summed E-state index contributed by atoms with van der Waals surface area (Å²) in [5, 5.41) is 0. The number of urea groups is 1. The molecule has 2 aromatic carbocycles. The van der Waals surface area contributed by atoms with Crippen LogP contribution in [0.15, 0.2) is 65.7 Å². The lowest BCUT2D eigenvalue weighted by molar-refractivity contribution is -0.136. The number of imide groups is 1. The van der Waals surface area contributed by atoms with Crippen molar-refractivity contribution in [2.45, 2.75) is 12.2 Å². The van der Waals surface area contributed by atoms with Gasteiger partial charge in [0.15, 0.2) is 12.2 Å². The van der Waals surface area contributed by atoms with E-state index in [1.165, 1.54) is 18.3 Å². The van der Waals surface area contributed by atoms with Gasteiger partial charge in [0.25, 0.3) is 11.8 Å². The zero-order valence-electron chi connectivity index (χ0n) is 16.2. The third kappa shape index (κ3) is 3.22. The SMILES string of the molecule is CN1C(=O)C2C(N=CN2CC(=O)N(c2ccccc2)c2ccccc2)N(C)C1=O. The molecule has 4 amide bonds. The van der Waals surface area contributed by atoms with Crippen LogP contribution >= 0.6 is 0 Å². The molecule has 2 atom stereocenters. The standard InChI is InChI=1S/C21H21N5O3/c1-23-19-18(20(28)24(2)21(23)29)25(14-22-19)13-17(27)26(15-9-5-3-6-10-15)16-11-7-4-8-12-16/h3-12,14,18-19H,13H2,1-2H3. The van der Waals surface area contributed by atoms with Crippen molar-refractivity contribution in [1.82, 2.24) is 14.7 Å². The van der Waals surface area contributed by atoms with Crippen LogP contribution in [0.5, 0.6) is 0 Å². The second kappa shape index (κ2) is 7.38. The molecule has 0 N–H and O–H groups in total. The van der Waals surface area contributed by atoms with Gasteiger partial charge in [0.1, 0.15) is 0 Å². The van der Waals surface area contributed by atoms with Crippen LogP contribution in [-0.4, -0.2) is 71.7 Å². The van der Waals surface area contributed by atoms with Gasteiger partial charge in [-0.2, -0.15) is 0 Å². The molecule has 0 saturated carbocycles. The maximum absolute atomic E-state index is 13.3. The minimum Gasteiger partial charge on any atom is -0.338 e. The molecule has 2 aliphatic rings. The number of carbonyl (C=O) groups is 3. The van der Waals surface area contributed by atoms with Gasteiger partial charge < -0.3 is 9.80 Å². The first-order valence-electron chi connectivity index (χ1n) is 9.25. The molecule has 4 rings (SSSR count). The van der Waals surface area contributed by atoms with Gasteiger partial charge in [-0.15, -0.1) is 0 Å². The summed E-state index contributed by atoms with van der Waals surface area (Å²) in [4.78, 5) is 48.2. The van der Waals surface area contributed by atoms with Gasteiger partial charge in [0.2, 0.25) is 0 Å². The van der Waals surface area contributed by atoms with Crippen LogP contribution < -0.4 is 4.90 Å². The van der Waals surface area contributed by atoms with E-state index in [2.05, 4.69) is 4.99 Å². The Morgan fingerprint density at radius 1 is 0.966 bits per heavy atom. The summed E-state index contributed by atoms with van der Waals surface area (Å²) in [5.74, 6) is -0.570. The van der Waals surface area contributed by atoms with E-state index in [4.69, 9.17) is 0 Å². The first-order valence-corrected chi connectivity index (χ1v) is 9.25. The van der Waals surface area contributed by atoms with Gasteiger partial charge in [0.05, 0.1) is 12.9 Å². The molecule has 1 saturated heterocycles. The van der Waals surface area contributed by atoms with E-state index in [1.54, 1.807) is 16.8 Å². The molecule has 0 aromatic heterocycles. The number of hydrogen-bond acceptors (Lipinski definition) is 5. The Bertz CT molecular complexity index is 923. The van der Waals surface area contributed by atoms with Crippen molar-refractivity contribution in [2.24, 2.45) is 4.99 Å². The fraction of sp³-hybridized carbons (Fsp3) is 0.238. The van der Waals surface area contributed by atoms with E-state index in [0.29, 0.717) is 0 Å². The Morgan fingerprint density at radius 3 is 2.07 bits per heavy atom. The number of benzene rings is 2. The first-order chi connectivity index (χ1) is 14.0. The molecule has 2 unspecified atom stereocenters. The molecule has 29 heavy (non-hydrogen) atoms. The molecule has 0 bridgehead atoms. The molecule has 2 aromatic rings. The quantitative estimate of drug-likeness (QED) is 0.798. The number of aliphatic imine (C=N–C) groups is 1. The lowest BCUT2D eigenvalue weighted by Gasteiger charge is -2.39. The van der Waals surface area contributed by atoms with Crippen molar-refractivity contribution in [1.29, 1.82) is 0 Å². The number of carbonyl (C=O) groups excluding carboxylic acids is 3. The van der Waals surface area contributed by atoms with E-state index >= 15 is 0 Å². The Morgan fingerprint density at radius 2 is 1.52 bits per heavy atom. The Labute approximate surface area is 168 Å². The third-order valence-corrected chi connectivity index (χ3v) is 5.17. The molecule has 8 heteroatoms. The molecule has 2 heterocycles. The number of nitrogens with zero attached hydrogens (tertiary/aromatic N) is 5. The fourth-order valence-corrected chi connectivity index (χ4v) is 3.66. The van der Waals surface area contributed by atoms with Crippen molar-refractivity contribution < 1.29 is 14.4 Å². The van der Waals surface area contributed by atoms with Gasteiger partial charge in [-0.05, 0) is 24.3 Å². The first kappa shape index (κ1) is 18.7. The number of likely N-dealkylation sites (N-methyl/N-ethyl adjacent to an activating group) is 2. The minimum absolute atomic E-state index is 0.0456. The van der Waals surface area contributed by atoms with Crippen molar-refractivity contribution in [3.63, 3.8) is 0 Å². The Hall–Kier alpha value is -3.68. The summed E-state index contributed by atoms with van der Waals surface area (Å²) in [7, 11) is 3.04. The summed E-state index contributed by atoms with van der Waals surface area (Å²) in [6, 6.07) is 17.6. The number of para-hydroxylation sites is 2. The smallest absolute Gasteiger partial charge is 0.328 e. The molecular weight excluding hydrogens is 370 g/mol. The van der Waals surface area contributed by atoms with Gasteiger partial charge >= 0.3 is 6.03 Å². The number of rotatable bonds is 4. The molecule has 1 fully saturated rings.